The number of benzene rings is 1. The zero-order chi connectivity index (χ0) is 12.6. The quantitative estimate of drug-likeness (QED) is 0.768. The zero-order valence-electron chi connectivity index (χ0n) is 10.1. The molecule has 1 aliphatic carbocycles. The molecule has 0 amide bonds. The summed E-state index contributed by atoms with van der Waals surface area (Å²) in [5.41, 5.74) is 2.00. The molecule has 0 atom stereocenters. The van der Waals surface area contributed by atoms with Crippen LogP contribution in [0.5, 0.6) is 0 Å². The number of fused-ring (bicyclic) bond motifs is 1. The Kier molecular flexibility index (Phi) is 2.45. The van der Waals surface area contributed by atoms with Gasteiger partial charge in [0, 0.05) is 41.0 Å². The molecule has 1 aromatic carbocycles. The van der Waals surface area contributed by atoms with Gasteiger partial charge in [-0.3, -0.25) is 4.79 Å². The highest BCUT2D eigenvalue weighted by Crippen LogP contribution is 2.50. The molecule has 90 valence electrons. The van der Waals surface area contributed by atoms with E-state index in [1.807, 2.05) is 30.5 Å². The summed E-state index contributed by atoms with van der Waals surface area (Å²) in [5.74, 6) is 0. The van der Waals surface area contributed by atoms with Gasteiger partial charge >= 0.3 is 0 Å². The van der Waals surface area contributed by atoms with Gasteiger partial charge in [-0.05, 0) is 25.0 Å². The standard InChI is InChI=1S/C15H14N2O/c16-8-7-15(5-6-15)11-17-9-4-13-12(10-18)2-1-3-14(13)17/h1-4,9-10H,5-7,11H2. The SMILES string of the molecule is N#CCC1(Cn2ccc3c(C=O)cccc32)CC1. The monoisotopic (exact) mass is 238 g/mol. The maximum absolute atomic E-state index is 11.0. The summed E-state index contributed by atoms with van der Waals surface area (Å²) in [6.07, 6.45) is 5.81. The third-order valence-electron chi connectivity index (χ3n) is 3.89. The summed E-state index contributed by atoms with van der Waals surface area (Å²) in [7, 11) is 0. The predicted octanol–water partition coefficient (Wildman–Crippen LogP) is 3.15. The maximum Gasteiger partial charge on any atom is 0.150 e. The minimum absolute atomic E-state index is 0.178. The molecule has 0 spiro atoms. The molecule has 1 aromatic heterocycles. The maximum atomic E-state index is 11.0. The van der Waals surface area contributed by atoms with E-state index in [1.165, 1.54) is 0 Å². The lowest BCUT2D eigenvalue weighted by molar-refractivity contribution is 0.112. The van der Waals surface area contributed by atoms with Crippen LogP contribution >= 0.6 is 0 Å². The minimum Gasteiger partial charge on any atom is -0.347 e. The molecular weight excluding hydrogens is 224 g/mol. The van der Waals surface area contributed by atoms with Gasteiger partial charge in [0.1, 0.15) is 0 Å². The van der Waals surface area contributed by atoms with E-state index in [9.17, 15) is 4.79 Å². The minimum atomic E-state index is 0.178. The molecule has 0 radical (unpaired) electrons. The van der Waals surface area contributed by atoms with E-state index < -0.39 is 0 Å². The molecule has 3 nitrogen and oxygen atoms in total. The van der Waals surface area contributed by atoms with Crippen molar-refractivity contribution in [3.63, 3.8) is 0 Å². The lowest BCUT2D eigenvalue weighted by Gasteiger charge is -2.13. The third-order valence-corrected chi connectivity index (χ3v) is 3.89. The van der Waals surface area contributed by atoms with E-state index >= 15 is 0 Å². The summed E-state index contributed by atoms with van der Waals surface area (Å²) < 4.78 is 2.17. The number of nitriles is 1. The number of carbonyl (C=O) groups excluding carboxylic acids is 1. The molecule has 0 N–H and O–H groups in total. The van der Waals surface area contributed by atoms with Crippen molar-refractivity contribution in [2.24, 2.45) is 5.41 Å². The first-order chi connectivity index (χ1) is 8.78. The predicted molar refractivity (Wildman–Crippen MR) is 69.2 cm³/mol. The Hall–Kier alpha value is -2.08. The van der Waals surface area contributed by atoms with Crippen LogP contribution in [0.3, 0.4) is 0 Å². The molecule has 2 aromatic rings. The fourth-order valence-corrected chi connectivity index (χ4v) is 2.58. The second kappa shape index (κ2) is 3.99. The number of hydrogen-bond donors (Lipinski definition) is 0. The van der Waals surface area contributed by atoms with Gasteiger partial charge in [-0.25, -0.2) is 0 Å². The van der Waals surface area contributed by atoms with E-state index in [2.05, 4.69) is 10.6 Å². The van der Waals surface area contributed by atoms with Crippen LogP contribution in [-0.4, -0.2) is 10.9 Å². The Morgan fingerprint density at radius 3 is 2.89 bits per heavy atom. The second-order valence-corrected chi connectivity index (χ2v) is 5.18. The third kappa shape index (κ3) is 1.70. The molecule has 1 heterocycles. The highest BCUT2D eigenvalue weighted by molar-refractivity contribution is 5.97. The molecule has 0 unspecified atom stereocenters. The molecule has 0 saturated heterocycles. The Morgan fingerprint density at radius 2 is 2.22 bits per heavy atom. The zero-order valence-corrected chi connectivity index (χ0v) is 10.1. The van der Waals surface area contributed by atoms with Gasteiger partial charge in [-0.1, -0.05) is 12.1 Å². The summed E-state index contributed by atoms with van der Waals surface area (Å²) in [4.78, 5) is 11.0. The Balaban J connectivity index is 1.99. The van der Waals surface area contributed by atoms with Gasteiger partial charge in [0.15, 0.2) is 6.29 Å². The molecule has 18 heavy (non-hydrogen) atoms. The molecule has 1 saturated carbocycles. The van der Waals surface area contributed by atoms with E-state index in [0.29, 0.717) is 6.42 Å². The molecule has 1 aliphatic rings. The second-order valence-electron chi connectivity index (χ2n) is 5.18. The molecule has 3 rings (SSSR count). The first-order valence-electron chi connectivity index (χ1n) is 6.18. The van der Waals surface area contributed by atoms with Crippen molar-refractivity contribution >= 4 is 17.2 Å². The fourth-order valence-electron chi connectivity index (χ4n) is 2.58. The van der Waals surface area contributed by atoms with Crippen molar-refractivity contribution in [2.75, 3.05) is 0 Å². The average Bonchev–Trinajstić information content (AvgIpc) is 3.02. The van der Waals surface area contributed by atoms with Gasteiger partial charge < -0.3 is 4.57 Å². The van der Waals surface area contributed by atoms with Crippen molar-refractivity contribution in [1.82, 2.24) is 4.57 Å². The molecular formula is C15H14N2O. The van der Waals surface area contributed by atoms with Crippen molar-refractivity contribution in [3.8, 4) is 6.07 Å². The van der Waals surface area contributed by atoms with Gasteiger partial charge in [0.25, 0.3) is 0 Å². The number of hydrogen-bond acceptors (Lipinski definition) is 2. The highest BCUT2D eigenvalue weighted by atomic mass is 16.1. The van der Waals surface area contributed by atoms with Crippen molar-refractivity contribution in [2.45, 2.75) is 25.8 Å². The normalized spacial score (nSPS) is 16.4. The summed E-state index contributed by atoms with van der Waals surface area (Å²) in [5, 5.41) is 9.86. The van der Waals surface area contributed by atoms with Gasteiger partial charge in [-0.2, -0.15) is 5.26 Å². The number of nitrogens with zero attached hydrogens (tertiary/aromatic N) is 2. The molecule has 0 aliphatic heterocycles. The van der Waals surface area contributed by atoms with Crippen molar-refractivity contribution in [3.05, 3.63) is 36.0 Å². The Bertz CT molecular complexity index is 644. The van der Waals surface area contributed by atoms with Crippen LogP contribution in [0.15, 0.2) is 30.5 Å². The van der Waals surface area contributed by atoms with E-state index in [4.69, 9.17) is 5.26 Å². The summed E-state index contributed by atoms with van der Waals surface area (Å²) in [6, 6.07) is 10.0. The van der Waals surface area contributed by atoms with Crippen LogP contribution in [-0.2, 0) is 6.54 Å². The van der Waals surface area contributed by atoms with Gasteiger partial charge in [-0.15, -0.1) is 0 Å². The lowest BCUT2D eigenvalue weighted by atomic mass is 10.0. The van der Waals surface area contributed by atoms with Crippen LogP contribution in [0.4, 0.5) is 0 Å². The van der Waals surface area contributed by atoms with E-state index in [-0.39, 0.29) is 5.41 Å². The van der Waals surface area contributed by atoms with Crippen LogP contribution in [0.25, 0.3) is 10.9 Å². The van der Waals surface area contributed by atoms with Crippen molar-refractivity contribution in [1.29, 1.82) is 5.26 Å². The number of aromatic nitrogens is 1. The number of aldehydes is 1. The van der Waals surface area contributed by atoms with Crippen molar-refractivity contribution < 1.29 is 4.79 Å². The Labute approximate surface area is 106 Å². The topological polar surface area (TPSA) is 45.8 Å². The molecule has 1 fully saturated rings. The van der Waals surface area contributed by atoms with Crippen LogP contribution < -0.4 is 0 Å². The van der Waals surface area contributed by atoms with Gasteiger partial charge in [0.05, 0.1) is 6.07 Å². The first-order valence-corrected chi connectivity index (χ1v) is 6.18. The van der Waals surface area contributed by atoms with Crippen LogP contribution in [0, 0.1) is 16.7 Å². The van der Waals surface area contributed by atoms with Crippen LogP contribution in [0.2, 0.25) is 0 Å². The highest BCUT2D eigenvalue weighted by Gasteiger charge is 2.42. The van der Waals surface area contributed by atoms with E-state index in [0.717, 1.165) is 42.1 Å². The smallest absolute Gasteiger partial charge is 0.150 e. The summed E-state index contributed by atoms with van der Waals surface area (Å²) in [6.45, 7) is 0.881. The first kappa shape index (κ1) is 11.0. The summed E-state index contributed by atoms with van der Waals surface area (Å²) >= 11 is 0. The molecule has 0 bridgehead atoms. The Morgan fingerprint density at radius 1 is 1.39 bits per heavy atom. The lowest BCUT2D eigenvalue weighted by Crippen LogP contribution is -2.10. The number of rotatable bonds is 4. The molecule has 3 heteroatoms. The average molecular weight is 238 g/mol. The van der Waals surface area contributed by atoms with Crippen LogP contribution in [0.1, 0.15) is 29.6 Å². The van der Waals surface area contributed by atoms with E-state index in [1.54, 1.807) is 0 Å². The van der Waals surface area contributed by atoms with Gasteiger partial charge in [0.2, 0.25) is 0 Å². The largest absolute Gasteiger partial charge is 0.347 e. The number of carbonyl (C=O) groups is 1. The fraction of sp³-hybridized carbons (Fsp3) is 0.333.